The van der Waals surface area contributed by atoms with E-state index in [2.05, 4.69) is 15.4 Å². The Morgan fingerprint density at radius 2 is 1.70 bits per heavy atom. The van der Waals surface area contributed by atoms with E-state index in [0.29, 0.717) is 30.0 Å². The molecule has 37 heavy (non-hydrogen) atoms. The van der Waals surface area contributed by atoms with Crippen molar-refractivity contribution in [1.82, 2.24) is 15.3 Å². The number of para-hydroxylation sites is 1. The molecule has 2 N–H and O–H groups in total. The van der Waals surface area contributed by atoms with Crippen molar-refractivity contribution in [3.05, 3.63) is 53.6 Å². The smallest absolute Gasteiger partial charge is 0.405 e. The van der Waals surface area contributed by atoms with Gasteiger partial charge in [-0.2, -0.15) is 4.98 Å². The van der Waals surface area contributed by atoms with Gasteiger partial charge >= 0.3 is 6.36 Å². The highest BCUT2D eigenvalue weighted by Crippen LogP contribution is 2.29. The standard InChI is InChI=1S/C28H36F3N5O/c1-19-11-12-20(25(18-19)37-28(29,30)31)8-6-7-17-32-21-13-15-22(16-14-21)33-27-34-24-10-5-4-9-23(24)26(35-27)36(2)3/h4-5,9-12,18,21-22,32H,6-8,13-17H2,1-3H3,(H,33,34,35). The zero-order valence-corrected chi connectivity index (χ0v) is 21.7. The van der Waals surface area contributed by atoms with Crippen LogP contribution in [0.3, 0.4) is 0 Å². The van der Waals surface area contributed by atoms with Gasteiger partial charge in [-0.15, -0.1) is 13.2 Å². The summed E-state index contributed by atoms with van der Waals surface area (Å²) < 4.78 is 42.4. The van der Waals surface area contributed by atoms with Crippen LogP contribution in [0, 0.1) is 6.92 Å². The van der Waals surface area contributed by atoms with Crippen molar-refractivity contribution in [1.29, 1.82) is 0 Å². The molecule has 0 atom stereocenters. The van der Waals surface area contributed by atoms with E-state index >= 15 is 0 Å². The number of nitrogens with one attached hydrogen (secondary N) is 2. The lowest BCUT2D eigenvalue weighted by Crippen LogP contribution is -2.37. The summed E-state index contributed by atoms with van der Waals surface area (Å²) >= 11 is 0. The molecule has 1 aromatic heterocycles. The number of fused-ring (bicyclic) bond motifs is 1. The second-order valence-electron chi connectivity index (χ2n) is 10.0. The van der Waals surface area contributed by atoms with Gasteiger partial charge in [0.05, 0.1) is 5.52 Å². The van der Waals surface area contributed by atoms with Crippen LogP contribution in [0.25, 0.3) is 10.9 Å². The molecule has 1 fully saturated rings. The minimum atomic E-state index is -4.67. The van der Waals surface area contributed by atoms with Crippen LogP contribution in [0.4, 0.5) is 24.9 Å². The van der Waals surface area contributed by atoms with Crippen LogP contribution in [0.1, 0.15) is 49.7 Å². The van der Waals surface area contributed by atoms with Crippen LogP contribution in [0.2, 0.25) is 0 Å². The number of anilines is 2. The molecule has 0 unspecified atom stereocenters. The monoisotopic (exact) mass is 515 g/mol. The third-order valence-corrected chi connectivity index (χ3v) is 6.82. The molecule has 0 spiro atoms. The van der Waals surface area contributed by atoms with Crippen molar-refractivity contribution in [2.45, 2.75) is 70.3 Å². The summed E-state index contributed by atoms with van der Waals surface area (Å²) in [6, 6.07) is 13.9. The number of hydrogen-bond acceptors (Lipinski definition) is 6. The SMILES string of the molecule is Cc1ccc(CCCCNC2CCC(Nc3nc(N(C)C)c4ccccc4n3)CC2)c(OC(F)(F)F)c1. The quantitative estimate of drug-likeness (QED) is 0.312. The lowest BCUT2D eigenvalue weighted by molar-refractivity contribution is -0.274. The topological polar surface area (TPSA) is 62.3 Å². The van der Waals surface area contributed by atoms with E-state index in [0.717, 1.165) is 67.4 Å². The summed E-state index contributed by atoms with van der Waals surface area (Å²) in [5.41, 5.74) is 2.28. The van der Waals surface area contributed by atoms with Crippen LogP contribution in [-0.4, -0.2) is 49.1 Å². The normalized spacial score (nSPS) is 18.1. The van der Waals surface area contributed by atoms with E-state index in [1.165, 1.54) is 6.07 Å². The summed E-state index contributed by atoms with van der Waals surface area (Å²) in [6.07, 6.45) is 1.78. The molecule has 0 radical (unpaired) electrons. The van der Waals surface area contributed by atoms with E-state index in [1.807, 2.05) is 49.3 Å². The minimum Gasteiger partial charge on any atom is -0.405 e. The van der Waals surface area contributed by atoms with Gasteiger partial charge in [-0.25, -0.2) is 4.98 Å². The molecule has 1 aliphatic rings. The highest BCUT2D eigenvalue weighted by molar-refractivity contribution is 5.90. The highest BCUT2D eigenvalue weighted by atomic mass is 19.4. The average molecular weight is 516 g/mol. The van der Waals surface area contributed by atoms with E-state index in [1.54, 1.807) is 13.0 Å². The second kappa shape index (κ2) is 12.0. The number of unbranched alkanes of at least 4 members (excludes halogenated alkanes) is 1. The molecule has 1 heterocycles. The first-order chi connectivity index (χ1) is 17.7. The fourth-order valence-corrected chi connectivity index (χ4v) is 4.92. The van der Waals surface area contributed by atoms with Crippen molar-refractivity contribution in [2.24, 2.45) is 0 Å². The summed E-state index contributed by atoms with van der Waals surface area (Å²) in [4.78, 5) is 11.5. The summed E-state index contributed by atoms with van der Waals surface area (Å²) in [6.45, 7) is 2.61. The number of aryl methyl sites for hydroxylation is 2. The number of benzene rings is 2. The van der Waals surface area contributed by atoms with Crippen LogP contribution in [0.15, 0.2) is 42.5 Å². The molecule has 2 aromatic carbocycles. The molecule has 1 aliphatic carbocycles. The van der Waals surface area contributed by atoms with Crippen LogP contribution in [0.5, 0.6) is 5.75 Å². The molecule has 0 saturated heterocycles. The van der Waals surface area contributed by atoms with E-state index < -0.39 is 6.36 Å². The number of rotatable bonds is 10. The Hall–Kier alpha value is -3.07. The average Bonchev–Trinajstić information content (AvgIpc) is 2.84. The summed E-state index contributed by atoms with van der Waals surface area (Å²) in [5, 5.41) is 8.20. The minimum absolute atomic E-state index is 0.0839. The van der Waals surface area contributed by atoms with E-state index in [4.69, 9.17) is 9.97 Å². The Bertz CT molecular complexity index is 1180. The molecule has 0 bridgehead atoms. The lowest BCUT2D eigenvalue weighted by Gasteiger charge is -2.30. The molecule has 6 nitrogen and oxygen atoms in total. The number of nitrogens with zero attached hydrogens (tertiary/aromatic N) is 3. The van der Waals surface area contributed by atoms with Crippen molar-refractivity contribution in [3.8, 4) is 5.75 Å². The first kappa shape index (κ1) is 27.0. The number of hydrogen-bond donors (Lipinski definition) is 2. The van der Waals surface area contributed by atoms with Crippen LogP contribution in [-0.2, 0) is 6.42 Å². The predicted octanol–water partition coefficient (Wildman–Crippen LogP) is 6.24. The largest absolute Gasteiger partial charge is 0.573 e. The lowest BCUT2D eigenvalue weighted by atomic mass is 9.91. The van der Waals surface area contributed by atoms with Gasteiger partial charge in [-0.05, 0) is 87.7 Å². The maximum Gasteiger partial charge on any atom is 0.573 e. The third-order valence-electron chi connectivity index (χ3n) is 6.82. The van der Waals surface area contributed by atoms with Crippen molar-refractivity contribution in [3.63, 3.8) is 0 Å². The zero-order chi connectivity index (χ0) is 26.4. The number of halogens is 3. The third kappa shape index (κ3) is 7.71. The molecule has 9 heteroatoms. The fourth-order valence-electron chi connectivity index (χ4n) is 4.92. The van der Waals surface area contributed by atoms with Crippen molar-refractivity contribution < 1.29 is 17.9 Å². The Labute approximate surface area is 216 Å². The molecular formula is C28H36F3N5O. The molecule has 200 valence electrons. The zero-order valence-electron chi connectivity index (χ0n) is 21.7. The Kier molecular flexibility index (Phi) is 8.74. The van der Waals surface area contributed by atoms with Gasteiger partial charge in [0.25, 0.3) is 0 Å². The Morgan fingerprint density at radius 1 is 0.973 bits per heavy atom. The number of alkyl halides is 3. The fraction of sp³-hybridized carbons (Fsp3) is 0.500. The van der Waals surface area contributed by atoms with Gasteiger partial charge in [-0.1, -0.05) is 24.3 Å². The Balaban J connectivity index is 1.20. The van der Waals surface area contributed by atoms with Gasteiger partial charge in [0.1, 0.15) is 11.6 Å². The molecule has 3 aromatic rings. The van der Waals surface area contributed by atoms with Gasteiger partial charge < -0.3 is 20.3 Å². The second-order valence-corrected chi connectivity index (χ2v) is 10.0. The molecular weight excluding hydrogens is 479 g/mol. The van der Waals surface area contributed by atoms with Crippen molar-refractivity contribution in [2.75, 3.05) is 30.9 Å². The van der Waals surface area contributed by atoms with E-state index in [9.17, 15) is 13.2 Å². The molecule has 0 amide bonds. The van der Waals surface area contributed by atoms with Gasteiger partial charge in [0, 0.05) is 31.6 Å². The first-order valence-corrected chi connectivity index (χ1v) is 13.0. The van der Waals surface area contributed by atoms with E-state index in [-0.39, 0.29) is 5.75 Å². The van der Waals surface area contributed by atoms with Crippen LogP contribution < -0.4 is 20.3 Å². The maximum atomic E-state index is 12.7. The van der Waals surface area contributed by atoms with Crippen molar-refractivity contribution >= 4 is 22.7 Å². The summed E-state index contributed by atoms with van der Waals surface area (Å²) in [5.74, 6) is 1.49. The Morgan fingerprint density at radius 3 is 2.43 bits per heavy atom. The highest BCUT2D eigenvalue weighted by Gasteiger charge is 2.32. The molecule has 0 aliphatic heterocycles. The number of ether oxygens (including phenoxy) is 1. The van der Waals surface area contributed by atoms with Gasteiger partial charge in [0.15, 0.2) is 0 Å². The first-order valence-electron chi connectivity index (χ1n) is 13.0. The predicted molar refractivity (Wildman–Crippen MR) is 142 cm³/mol. The van der Waals surface area contributed by atoms with Crippen LogP contribution >= 0.6 is 0 Å². The van der Waals surface area contributed by atoms with Gasteiger partial charge in [0.2, 0.25) is 5.95 Å². The summed E-state index contributed by atoms with van der Waals surface area (Å²) in [7, 11) is 3.98. The molecule has 1 saturated carbocycles. The number of aromatic nitrogens is 2. The molecule has 4 rings (SSSR count). The maximum absolute atomic E-state index is 12.7. The van der Waals surface area contributed by atoms with Gasteiger partial charge in [-0.3, -0.25) is 0 Å².